The molecule has 0 saturated carbocycles. The van der Waals surface area contributed by atoms with E-state index >= 15 is 0 Å². The highest BCUT2D eigenvalue weighted by atomic mass is 16.5. The van der Waals surface area contributed by atoms with Crippen molar-refractivity contribution in [2.45, 2.75) is 26.5 Å². The smallest absolute Gasteiger partial charge is 0.239 e. The lowest BCUT2D eigenvalue weighted by Crippen LogP contribution is -2.29. The standard InChI is InChI=1S/C26H30N2O4/c1-20(2)32-24-13-11-21(12-14-24)18-28-26(29)19-27-22-7-6-10-25(17-22)31-16-15-30-23-8-4-3-5-9-23/h3-14,17,20,27H,15-16,18-19H2,1-2H3,(H,28,29). The molecule has 32 heavy (non-hydrogen) atoms. The lowest BCUT2D eigenvalue weighted by Gasteiger charge is -2.12. The summed E-state index contributed by atoms with van der Waals surface area (Å²) in [7, 11) is 0. The van der Waals surface area contributed by atoms with Gasteiger partial charge in [0, 0.05) is 18.3 Å². The summed E-state index contributed by atoms with van der Waals surface area (Å²) in [6.07, 6.45) is 0.137. The molecule has 0 fully saturated rings. The third kappa shape index (κ3) is 8.22. The topological polar surface area (TPSA) is 68.8 Å². The molecular weight excluding hydrogens is 404 g/mol. The van der Waals surface area contributed by atoms with E-state index in [0.717, 1.165) is 28.5 Å². The van der Waals surface area contributed by atoms with Crippen molar-refractivity contribution in [2.24, 2.45) is 0 Å². The number of ether oxygens (including phenoxy) is 3. The van der Waals surface area contributed by atoms with Crippen molar-refractivity contribution in [1.82, 2.24) is 5.32 Å². The van der Waals surface area contributed by atoms with E-state index in [1.165, 1.54) is 0 Å². The molecule has 1 amide bonds. The van der Waals surface area contributed by atoms with Crippen LogP contribution >= 0.6 is 0 Å². The molecule has 3 rings (SSSR count). The van der Waals surface area contributed by atoms with Crippen molar-refractivity contribution in [3.8, 4) is 17.2 Å². The van der Waals surface area contributed by atoms with Gasteiger partial charge < -0.3 is 24.8 Å². The van der Waals surface area contributed by atoms with Gasteiger partial charge in [0.25, 0.3) is 0 Å². The van der Waals surface area contributed by atoms with Crippen molar-refractivity contribution in [3.63, 3.8) is 0 Å². The van der Waals surface area contributed by atoms with Crippen molar-refractivity contribution in [1.29, 1.82) is 0 Å². The maximum atomic E-state index is 12.2. The summed E-state index contributed by atoms with van der Waals surface area (Å²) >= 11 is 0. The number of rotatable bonds is 12. The van der Waals surface area contributed by atoms with Crippen LogP contribution in [0.3, 0.4) is 0 Å². The molecule has 0 aromatic heterocycles. The number of carbonyl (C=O) groups is 1. The predicted molar refractivity (Wildman–Crippen MR) is 126 cm³/mol. The average molecular weight is 435 g/mol. The summed E-state index contributed by atoms with van der Waals surface area (Å²) in [5.41, 5.74) is 1.83. The van der Waals surface area contributed by atoms with Crippen LogP contribution < -0.4 is 24.8 Å². The fraction of sp³-hybridized carbons (Fsp3) is 0.269. The Morgan fingerprint density at radius 3 is 2.22 bits per heavy atom. The molecular formula is C26H30N2O4. The molecule has 0 radical (unpaired) electrons. The second-order valence-corrected chi connectivity index (χ2v) is 7.48. The van der Waals surface area contributed by atoms with E-state index in [0.29, 0.717) is 19.8 Å². The number of nitrogens with one attached hydrogen (secondary N) is 2. The molecule has 0 aliphatic carbocycles. The molecule has 2 N–H and O–H groups in total. The number of amides is 1. The molecule has 0 aliphatic rings. The van der Waals surface area contributed by atoms with Gasteiger partial charge >= 0.3 is 0 Å². The van der Waals surface area contributed by atoms with Gasteiger partial charge in [0.2, 0.25) is 5.91 Å². The van der Waals surface area contributed by atoms with Crippen LogP contribution in [0.5, 0.6) is 17.2 Å². The second-order valence-electron chi connectivity index (χ2n) is 7.48. The zero-order valence-corrected chi connectivity index (χ0v) is 18.5. The first kappa shape index (κ1) is 23.0. The third-order valence-electron chi connectivity index (χ3n) is 4.44. The summed E-state index contributed by atoms with van der Waals surface area (Å²) in [6.45, 7) is 5.50. The van der Waals surface area contributed by atoms with Crippen LogP contribution in [0.25, 0.3) is 0 Å². The quantitative estimate of drug-likeness (QED) is 0.406. The van der Waals surface area contributed by atoms with Gasteiger partial charge in [-0.2, -0.15) is 0 Å². The van der Waals surface area contributed by atoms with Gasteiger partial charge in [0.1, 0.15) is 30.5 Å². The first-order valence-electron chi connectivity index (χ1n) is 10.8. The first-order valence-corrected chi connectivity index (χ1v) is 10.8. The molecule has 3 aromatic carbocycles. The van der Waals surface area contributed by atoms with E-state index in [2.05, 4.69) is 10.6 Å². The Kier molecular flexibility index (Phi) is 8.80. The van der Waals surface area contributed by atoms with Crippen molar-refractivity contribution >= 4 is 11.6 Å². The van der Waals surface area contributed by atoms with Crippen LogP contribution in [-0.2, 0) is 11.3 Å². The zero-order valence-electron chi connectivity index (χ0n) is 18.5. The molecule has 168 valence electrons. The lowest BCUT2D eigenvalue weighted by molar-refractivity contribution is -0.119. The third-order valence-corrected chi connectivity index (χ3v) is 4.44. The molecule has 0 heterocycles. The number of carbonyl (C=O) groups excluding carboxylic acids is 1. The highest BCUT2D eigenvalue weighted by Crippen LogP contribution is 2.17. The van der Waals surface area contributed by atoms with Crippen molar-refractivity contribution < 1.29 is 19.0 Å². The Morgan fingerprint density at radius 1 is 0.812 bits per heavy atom. The maximum Gasteiger partial charge on any atom is 0.239 e. The Labute approximate surface area is 189 Å². The Hall–Kier alpha value is -3.67. The minimum Gasteiger partial charge on any atom is -0.491 e. The van der Waals surface area contributed by atoms with E-state index in [1.54, 1.807) is 0 Å². The SMILES string of the molecule is CC(C)Oc1ccc(CNC(=O)CNc2cccc(OCCOc3ccccc3)c2)cc1. The number of benzene rings is 3. The predicted octanol–water partition coefficient (Wildman–Crippen LogP) is 4.66. The average Bonchev–Trinajstić information content (AvgIpc) is 2.81. The molecule has 6 heteroatoms. The van der Waals surface area contributed by atoms with Gasteiger partial charge in [-0.05, 0) is 55.8 Å². The number of hydrogen-bond acceptors (Lipinski definition) is 5. The van der Waals surface area contributed by atoms with Crippen LogP contribution in [0, 0.1) is 0 Å². The minimum absolute atomic E-state index is 0.0879. The summed E-state index contributed by atoms with van der Waals surface area (Å²) in [4.78, 5) is 12.2. The van der Waals surface area contributed by atoms with E-state index < -0.39 is 0 Å². The fourth-order valence-electron chi connectivity index (χ4n) is 2.94. The first-order chi connectivity index (χ1) is 15.6. The Balaban J connectivity index is 1.36. The van der Waals surface area contributed by atoms with Gasteiger partial charge in [-0.1, -0.05) is 36.4 Å². The molecule has 0 atom stereocenters. The Bertz CT molecular complexity index is 959. The number of anilines is 1. The summed E-state index contributed by atoms with van der Waals surface area (Å²) in [6, 6.07) is 24.9. The largest absolute Gasteiger partial charge is 0.491 e. The van der Waals surface area contributed by atoms with Gasteiger partial charge in [-0.15, -0.1) is 0 Å². The van der Waals surface area contributed by atoms with E-state index in [4.69, 9.17) is 14.2 Å². The molecule has 3 aromatic rings. The zero-order chi connectivity index (χ0) is 22.6. The van der Waals surface area contributed by atoms with Crippen LogP contribution in [-0.4, -0.2) is 31.8 Å². The molecule has 0 aliphatic heterocycles. The van der Waals surface area contributed by atoms with Crippen molar-refractivity contribution in [3.05, 3.63) is 84.4 Å². The van der Waals surface area contributed by atoms with Crippen LogP contribution in [0.1, 0.15) is 19.4 Å². The normalized spacial score (nSPS) is 10.5. The van der Waals surface area contributed by atoms with Crippen LogP contribution in [0.15, 0.2) is 78.9 Å². The lowest BCUT2D eigenvalue weighted by atomic mass is 10.2. The summed E-state index contributed by atoms with van der Waals surface area (Å²) in [5.74, 6) is 2.27. The Morgan fingerprint density at radius 2 is 1.50 bits per heavy atom. The van der Waals surface area contributed by atoms with E-state index in [-0.39, 0.29) is 18.6 Å². The van der Waals surface area contributed by atoms with Gasteiger partial charge in [0.15, 0.2) is 0 Å². The fourth-order valence-corrected chi connectivity index (χ4v) is 2.94. The molecule has 6 nitrogen and oxygen atoms in total. The van der Waals surface area contributed by atoms with Crippen molar-refractivity contribution in [2.75, 3.05) is 25.1 Å². The summed E-state index contributed by atoms with van der Waals surface area (Å²) in [5, 5.41) is 6.04. The molecule has 0 spiro atoms. The van der Waals surface area contributed by atoms with Gasteiger partial charge in [0.05, 0.1) is 12.6 Å². The van der Waals surface area contributed by atoms with Gasteiger partial charge in [-0.25, -0.2) is 0 Å². The molecule has 0 unspecified atom stereocenters. The number of para-hydroxylation sites is 1. The van der Waals surface area contributed by atoms with Crippen LogP contribution in [0.2, 0.25) is 0 Å². The van der Waals surface area contributed by atoms with E-state index in [9.17, 15) is 4.79 Å². The minimum atomic E-state index is -0.0879. The highest BCUT2D eigenvalue weighted by molar-refractivity contribution is 5.80. The van der Waals surface area contributed by atoms with E-state index in [1.807, 2.05) is 92.7 Å². The maximum absolute atomic E-state index is 12.2. The molecule has 0 saturated heterocycles. The number of hydrogen-bond donors (Lipinski definition) is 2. The summed E-state index contributed by atoms with van der Waals surface area (Å²) < 4.78 is 17.0. The van der Waals surface area contributed by atoms with Crippen LogP contribution in [0.4, 0.5) is 5.69 Å². The molecule has 0 bridgehead atoms. The second kappa shape index (κ2) is 12.2. The monoisotopic (exact) mass is 434 g/mol. The highest BCUT2D eigenvalue weighted by Gasteiger charge is 2.04. The van der Waals surface area contributed by atoms with Gasteiger partial charge in [-0.3, -0.25) is 4.79 Å².